The number of carbonyl (C=O) groups is 1. The Balaban J connectivity index is 1.73. The molecule has 8 heteroatoms. The van der Waals surface area contributed by atoms with E-state index in [1.807, 2.05) is 25.1 Å². The van der Waals surface area contributed by atoms with Gasteiger partial charge in [0.25, 0.3) is 0 Å². The molecule has 32 heavy (non-hydrogen) atoms. The van der Waals surface area contributed by atoms with Crippen molar-refractivity contribution in [3.8, 4) is 11.5 Å². The van der Waals surface area contributed by atoms with E-state index < -0.39 is 23.0 Å². The number of methoxy groups -OCH3 is 2. The summed E-state index contributed by atoms with van der Waals surface area (Å²) in [5.74, 6) is -4.11. The molecule has 4 aromatic rings. The number of nitrogen functional groups attached to an aromatic ring is 1. The minimum atomic E-state index is -1.13. The van der Waals surface area contributed by atoms with Gasteiger partial charge in [-0.05, 0) is 36.2 Å². The molecular formula is C24H20F2N2O4. The molecule has 2 aromatic heterocycles. The van der Waals surface area contributed by atoms with Crippen molar-refractivity contribution < 1.29 is 27.5 Å². The fourth-order valence-corrected chi connectivity index (χ4v) is 3.56. The maximum atomic E-state index is 14.7. The number of rotatable bonds is 6. The van der Waals surface area contributed by atoms with Crippen LogP contribution in [0.25, 0.3) is 11.0 Å². The van der Waals surface area contributed by atoms with Crippen LogP contribution in [0.4, 0.5) is 14.5 Å². The molecular weight excluding hydrogens is 418 g/mol. The number of benzene rings is 2. The van der Waals surface area contributed by atoms with Crippen LogP contribution < -0.4 is 15.2 Å². The lowest BCUT2D eigenvalue weighted by Gasteiger charge is -2.10. The Labute approximate surface area is 182 Å². The van der Waals surface area contributed by atoms with E-state index in [0.717, 1.165) is 17.2 Å². The van der Waals surface area contributed by atoms with Crippen molar-refractivity contribution in [3.63, 3.8) is 0 Å². The summed E-state index contributed by atoms with van der Waals surface area (Å²) in [6.07, 6.45) is 1.95. The number of furan rings is 1. The van der Waals surface area contributed by atoms with Gasteiger partial charge in [-0.3, -0.25) is 9.78 Å². The van der Waals surface area contributed by atoms with Crippen LogP contribution in [0.3, 0.4) is 0 Å². The predicted octanol–water partition coefficient (Wildman–Crippen LogP) is 4.84. The van der Waals surface area contributed by atoms with Gasteiger partial charge in [-0.15, -0.1) is 0 Å². The molecule has 0 aliphatic heterocycles. The highest BCUT2D eigenvalue weighted by Gasteiger charge is 2.28. The Kier molecular flexibility index (Phi) is 5.52. The number of aryl methyl sites for hydroxylation is 1. The highest BCUT2D eigenvalue weighted by atomic mass is 19.1. The van der Waals surface area contributed by atoms with Gasteiger partial charge < -0.3 is 19.6 Å². The molecule has 0 saturated carbocycles. The van der Waals surface area contributed by atoms with Crippen LogP contribution in [0.2, 0.25) is 0 Å². The number of aromatic nitrogens is 1. The summed E-state index contributed by atoms with van der Waals surface area (Å²) in [6, 6.07) is 9.87. The lowest BCUT2D eigenvalue weighted by atomic mass is 10.0. The molecule has 0 aliphatic carbocycles. The normalized spacial score (nSPS) is 11.0. The molecule has 0 spiro atoms. The third-order valence-electron chi connectivity index (χ3n) is 5.29. The summed E-state index contributed by atoms with van der Waals surface area (Å²) in [4.78, 5) is 17.3. The standard InChI is InChI=1S/C24H20F2N2O4/c1-12-5-4-6-16(27)15(12)9-14-7-13-8-19(32-20(13)11-28-14)24(29)21-22(25)17(30-2)10-18(31-3)23(21)26/h4-8,10-11H,9,27H2,1-3H3. The van der Waals surface area contributed by atoms with E-state index in [0.29, 0.717) is 28.8 Å². The summed E-state index contributed by atoms with van der Waals surface area (Å²) in [5.41, 5.74) is 8.93. The maximum absolute atomic E-state index is 14.7. The summed E-state index contributed by atoms with van der Waals surface area (Å²) in [5, 5.41) is 0.571. The zero-order chi connectivity index (χ0) is 23.0. The molecule has 6 nitrogen and oxygen atoms in total. The fraction of sp³-hybridized carbons (Fsp3) is 0.167. The summed E-state index contributed by atoms with van der Waals surface area (Å²) < 4.78 is 44.8. The van der Waals surface area contributed by atoms with Gasteiger partial charge in [0.1, 0.15) is 5.56 Å². The maximum Gasteiger partial charge on any atom is 0.234 e. The van der Waals surface area contributed by atoms with Crippen LogP contribution in [0, 0.1) is 18.6 Å². The van der Waals surface area contributed by atoms with Crippen molar-refractivity contribution >= 4 is 22.4 Å². The van der Waals surface area contributed by atoms with Gasteiger partial charge in [-0.2, -0.15) is 0 Å². The first kappa shape index (κ1) is 21.3. The van der Waals surface area contributed by atoms with Gasteiger partial charge in [0.2, 0.25) is 5.78 Å². The second-order valence-corrected chi connectivity index (χ2v) is 7.26. The third kappa shape index (κ3) is 3.64. The first-order valence-electron chi connectivity index (χ1n) is 9.71. The largest absolute Gasteiger partial charge is 0.494 e. The number of carbonyl (C=O) groups excluding carboxylic acids is 1. The van der Waals surface area contributed by atoms with Crippen molar-refractivity contribution in [1.29, 1.82) is 0 Å². The number of nitrogens with zero attached hydrogens (tertiary/aromatic N) is 1. The molecule has 2 aromatic carbocycles. The number of nitrogens with two attached hydrogens (primary N) is 1. The van der Waals surface area contributed by atoms with E-state index in [1.165, 1.54) is 26.5 Å². The number of ketones is 1. The van der Waals surface area contributed by atoms with Crippen LogP contribution in [-0.2, 0) is 6.42 Å². The number of pyridine rings is 1. The molecule has 0 amide bonds. The van der Waals surface area contributed by atoms with Gasteiger partial charge in [0, 0.05) is 29.3 Å². The molecule has 0 unspecified atom stereocenters. The van der Waals surface area contributed by atoms with Crippen LogP contribution >= 0.6 is 0 Å². The Morgan fingerprint density at radius 1 is 1.09 bits per heavy atom. The number of hydrogen-bond acceptors (Lipinski definition) is 6. The second-order valence-electron chi connectivity index (χ2n) is 7.26. The minimum absolute atomic E-state index is 0.234. The Morgan fingerprint density at radius 2 is 1.78 bits per heavy atom. The first-order chi connectivity index (χ1) is 15.3. The third-order valence-corrected chi connectivity index (χ3v) is 5.29. The molecule has 2 N–H and O–H groups in total. The molecule has 0 radical (unpaired) electrons. The van der Waals surface area contributed by atoms with Crippen molar-refractivity contribution in [2.75, 3.05) is 20.0 Å². The average Bonchev–Trinajstić information content (AvgIpc) is 3.20. The van der Waals surface area contributed by atoms with Gasteiger partial charge in [0.05, 0.1) is 20.4 Å². The fourth-order valence-electron chi connectivity index (χ4n) is 3.56. The van der Waals surface area contributed by atoms with Crippen LogP contribution in [0.15, 0.2) is 47.0 Å². The number of anilines is 1. The number of fused-ring (bicyclic) bond motifs is 1. The van der Waals surface area contributed by atoms with E-state index in [2.05, 4.69) is 4.98 Å². The quantitative estimate of drug-likeness (QED) is 0.343. The number of halogens is 2. The molecule has 0 aliphatic rings. The Hall–Kier alpha value is -3.94. The monoisotopic (exact) mass is 438 g/mol. The molecule has 4 rings (SSSR count). The van der Waals surface area contributed by atoms with Crippen molar-refractivity contribution in [3.05, 3.63) is 82.4 Å². The molecule has 0 atom stereocenters. The molecule has 164 valence electrons. The highest BCUT2D eigenvalue weighted by Crippen LogP contribution is 2.33. The van der Waals surface area contributed by atoms with Gasteiger partial charge in [-0.1, -0.05) is 12.1 Å². The summed E-state index contributed by atoms with van der Waals surface area (Å²) in [7, 11) is 2.42. The topological polar surface area (TPSA) is 87.6 Å². The zero-order valence-electron chi connectivity index (χ0n) is 17.7. The second kappa shape index (κ2) is 8.30. The highest BCUT2D eigenvalue weighted by molar-refractivity contribution is 6.09. The lowest BCUT2D eigenvalue weighted by Crippen LogP contribution is -2.09. The van der Waals surface area contributed by atoms with Crippen LogP contribution in [0.5, 0.6) is 11.5 Å². The Bertz CT molecular complexity index is 1300. The molecule has 0 fully saturated rings. The van der Waals surface area contributed by atoms with Crippen LogP contribution in [-0.4, -0.2) is 25.0 Å². The summed E-state index contributed by atoms with van der Waals surface area (Å²) in [6.45, 7) is 1.96. The van der Waals surface area contributed by atoms with Crippen molar-refractivity contribution in [2.24, 2.45) is 0 Å². The smallest absolute Gasteiger partial charge is 0.234 e. The first-order valence-corrected chi connectivity index (χ1v) is 9.71. The number of ether oxygens (including phenoxy) is 2. The van der Waals surface area contributed by atoms with Gasteiger partial charge in [0.15, 0.2) is 34.5 Å². The summed E-state index contributed by atoms with van der Waals surface area (Å²) >= 11 is 0. The Morgan fingerprint density at radius 3 is 2.41 bits per heavy atom. The lowest BCUT2D eigenvalue weighted by molar-refractivity contribution is 0.100. The molecule has 0 saturated heterocycles. The van der Waals surface area contributed by atoms with Gasteiger partial charge in [-0.25, -0.2) is 8.78 Å². The SMILES string of the molecule is COc1cc(OC)c(F)c(C(=O)c2cc3cc(Cc4c(C)cccc4N)ncc3o2)c1F. The van der Waals surface area contributed by atoms with Crippen LogP contribution in [0.1, 0.15) is 32.9 Å². The van der Waals surface area contributed by atoms with E-state index >= 15 is 0 Å². The predicted molar refractivity (Wildman–Crippen MR) is 115 cm³/mol. The van der Waals surface area contributed by atoms with E-state index in [9.17, 15) is 13.6 Å². The van der Waals surface area contributed by atoms with E-state index in [1.54, 1.807) is 6.07 Å². The molecule has 2 heterocycles. The number of hydrogen-bond donors (Lipinski definition) is 1. The van der Waals surface area contributed by atoms with Crippen molar-refractivity contribution in [1.82, 2.24) is 4.98 Å². The average molecular weight is 438 g/mol. The van der Waals surface area contributed by atoms with E-state index in [4.69, 9.17) is 19.6 Å². The van der Waals surface area contributed by atoms with Crippen molar-refractivity contribution in [2.45, 2.75) is 13.3 Å². The molecule has 0 bridgehead atoms. The zero-order valence-corrected chi connectivity index (χ0v) is 17.7. The van der Waals surface area contributed by atoms with E-state index in [-0.39, 0.29) is 17.3 Å². The minimum Gasteiger partial charge on any atom is -0.494 e. The van der Waals surface area contributed by atoms with Gasteiger partial charge >= 0.3 is 0 Å².